The molecule has 0 fully saturated rings. The third kappa shape index (κ3) is 6.08. The fraction of sp³-hybridized carbons (Fsp3) is 0.115. The highest BCUT2D eigenvalue weighted by Gasteiger charge is 2.18. The number of nitrogens with zero attached hydrogens (tertiary/aromatic N) is 3. The maximum atomic E-state index is 12.4. The number of aryl methyl sites for hydroxylation is 1. The van der Waals surface area contributed by atoms with Crippen molar-refractivity contribution < 1.29 is 4.79 Å². The molecule has 0 saturated heterocycles. The van der Waals surface area contributed by atoms with Crippen LogP contribution in [0.1, 0.15) is 22.5 Å². The summed E-state index contributed by atoms with van der Waals surface area (Å²) >= 11 is 14.2. The van der Waals surface area contributed by atoms with Crippen LogP contribution >= 0.6 is 35.0 Å². The molecule has 0 radical (unpaired) electrons. The normalized spacial score (nSPS) is 11.1. The Labute approximate surface area is 212 Å². The van der Waals surface area contributed by atoms with Gasteiger partial charge in [0.15, 0.2) is 11.0 Å². The van der Waals surface area contributed by atoms with Crippen molar-refractivity contribution in [2.45, 2.75) is 24.4 Å². The van der Waals surface area contributed by atoms with Gasteiger partial charge in [0.2, 0.25) is 5.91 Å². The van der Waals surface area contributed by atoms with Gasteiger partial charge in [0.25, 0.3) is 0 Å². The van der Waals surface area contributed by atoms with Crippen LogP contribution in [0.3, 0.4) is 0 Å². The number of hydrogen-bond donors (Lipinski definition) is 1. The van der Waals surface area contributed by atoms with E-state index >= 15 is 0 Å². The average Bonchev–Trinajstić information content (AvgIpc) is 3.24. The highest BCUT2D eigenvalue weighted by molar-refractivity contribution is 7.98. The van der Waals surface area contributed by atoms with Gasteiger partial charge in [0.05, 0.1) is 17.3 Å². The highest BCUT2D eigenvalue weighted by Crippen LogP contribution is 2.31. The number of hydrogen-bond acceptors (Lipinski definition) is 4. The molecule has 4 aromatic rings. The first kappa shape index (κ1) is 24.1. The molecule has 1 aromatic heterocycles. The summed E-state index contributed by atoms with van der Waals surface area (Å²) in [4.78, 5) is 12.4. The summed E-state index contributed by atoms with van der Waals surface area (Å²) in [6.45, 7) is 2.27. The van der Waals surface area contributed by atoms with Gasteiger partial charge in [-0.1, -0.05) is 89.6 Å². The predicted octanol–water partition coefficient (Wildman–Crippen LogP) is 6.50. The van der Waals surface area contributed by atoms with E-state index in [2.05, 4.69) is 34.6 Å². The number of nitrogens with one attached hydrogen (secondary N) is 1. The fourth-order valence-electron chi connectivity index (χ4n) is 3.29. The quantitative estimate of drug-likeness (QED) is 0.218. The van der Waals surface area contributed by atoms with E-state index < -0.39 is 0 Å². The third-order valence-electron chi connectivity index (χ3n) is 5.12. The van der Waals surface area contributed by atoms with Gasteiger partial charge in [-0.05, 0) is 47.9 Å². The Morgan fingerprint density at radius 3 is 2.56 bits per heavy atom. The van der Waals surface area contributed by atoms with Gasteiger partial charge in [-0.2, -0.15) is 0 Å². The second-order valence-corrected chi connectivity index (χ2v) is 9.29. The minimum Gasteiger partial charge on any atom is -0.345 e. The molecular formula is C26H22Cl2N4OS. The summed E-state index contributed by atoms with van der Waals surface area (Å²) in [6.07, 6.45) is 3.26. The van der Waals surface area contributed by atoms with Crippen LogP contribution in [0.4, 0.5) is 0 Å². The molecule has 0 bridgehead atoms. The fourth-order valence-corrected chi connectivity index (χ4v) is 4.82. The van der Waals surface area contributed by atoms with Crippen LogP contribution in [-0.4, -0.2) is 20.7 Å². The molecule has 0 unspecified atom stereocenters. The Morgan fingerprint density at radius 1 is 1.03 bits per heavy atom. The molecule has 0 saturated carbocycles. The first-order valence-electron chi connectivity index (χ1n) is 10.6. The molecule has 34 heavy (non-hydrogen) atoms. The number of carbonyl (C=O) groups is 1. The molecule has 5 nitrogen and oxygen atoms in total. The molecule has 4 rings (SSSR count). The van der Waals surface area contributed by atoms with Crippen LogP contribution < -0.4 is 5.32 Å². The molecule has 0 spiro atoms. The average molecular weight is 509 g/mol. The number of carbonyl (C=O) groups excluding carboxylic acids is 1. The lowest BCUT2D eigenvalue weighted by molar-refractivity contribution is -0.116. The van der Waals surface area contributed by atoms with Crippen LogP contribution in [0.2, 0.25) is 10.0 Å². The van der Waals surface area contributed by atoms with Crippen molar-refractivity contribution in [3.05, 3.63) is 111 Å². The van der Waals surface area contributed by atoms with Crippen LogP contribution in [0.5, 0.6) is 0 Å². The van der Waals surface area contributed by atoms with Gasteiger partial charge < -0.3 is 5.32 Å². The Bertz CT molecular complexity index is 1320. The molecule has 8 heteroatoms. The smallest absolute Gasteiger partial charge is 0.244 e. The Balaban J connectivity index is 1.56. The summed E-state index contributed by atoms with van der Waals surface area (Å²) < 4.78 is 1.86. The van der Waals surface area contributed by atoms with E-state index in [0.29, 0.717) is 26.7 Å². The summed E-state index contributed by atoms with van der Waals surface area (Å²) in [6, 6.07) is 23.1. The van der Waals surface area contributed by atoms with Crippen molar-refractivity contribution in [1.29, 1.82) is 0 Å². The molecule has 0 aliphatic carbocycles. The maximum Gasteiger partial charge on any atom is 0.244 e. The van der Waals surface area contributed by atoms with Crippen molar-refractivity contribution in [3.8, 4) is 5.69 Å². The van der Waals surface area contributed by atoms with Crippen molar-refractivity contribution in [2.75, 3.05) is 0 Å². The van der Waals surface area contributed by atoms with E-state index in [0.717, 1.165) is 11.3 Å². The molecule has 1 heterocycles. The van der Waals surface area contributed by atoms with Gasteiger partial charge in [0, 0.05) is 16.9 Å². The van der Waals surface area contributed by atoms with E-state index in [4.69, 9.17) is 23.2 Å². The Morgan fingerprint density at radius 2 is 1.79 bits per heavy atom. The van der Waals surface area contributed by atoms with Gasteiger partial charge in [-0.25, -0.2) is 0 Å². The molecule has 0 aliphatic rings. The number of halogens is 2. The van der Waals surface area contributed by atoms with Crippen molar-refractivity contribution >= 4 is 46.9 Å². The first-order chi connectivity index (χ1) is 16.5. The van der Waals surface area contributed by atoms with E-state index in [-0.39, 0.29) is 12.5 Å². The number of thioether (sulfide) groups is 1. The van der Waals surface area contributed by atoms with Crippen LogP contribution in [0.25, 0.3) is 11.8 Å². The standard InChI is InChI=1S/C26H22Cl2N4OS/c1-18-7-5-6-10-20(18)17-34-26-31-30-24(32(26)23-13-12-21(27)15-22(23)28)16-29-25(33)14-11-19-8-3-2-4-9-19/h2-15H,16-17H2,1H3,(H,29,33)/b14-11+. The lowest BCUT2D eigenvalue weighted by Gasteiger charge is -2.13. The van der Waals surface area contributed by atoms with Crippen LogP contribution in [0.15, 0.2) is 84.0 Å². The lowest BCUT2D eigenvalue weighted by Crippen LogP contribution is -2.22. The van der Waals surface area contributed by atoms with Crippen LogP contribution in [-0.2, 0) is 17.1 Å². The maximum absolute atomic E-state index is 12.4. The monoisotopic (exact) mass is 508 g/mol. The zero-order valence-electron chi connectivity index (χ0n) is 18.4. The Kier molecular flexibility index (Phi) is 8.06. The summed E-state index contributed by atoms with van der Waals surface area (Å²) in [5.41, 5.74) is 4.07. The summed E-state index contributed by atoms with van der Waals surface area (Å²) in [5.74, 6) is 1.06. The minimum atomic E-state index is -0.227. The van der Waals surface area contributed by atoms with Crippen molar-refractivity contribution in [2.24, 2.45) is 0 Å². The third-order valence-corrected chi connectivity index (χ3v) is 6.63. The molecule has 1 amide bonds. The van der Waals surface area contributed by atoms with E-state index in [1.54, 1.807) is 30.0 Å². The lowest BCUT2D eigenvalue weighted by atomic mass is 10.1. The number of amides is 1. The van der Waals surface area contributed by atoms with Gasteiger partial charge >= 0.3 is 0 Å². The van der Waals surface area contributed by atoms with Gasteiger partial charge in [-0.15, -0.1) is 10.2 Å². The minimum absolute atomic E-state index is 0.189. The molecule has 3 aromatic carbocycles. The first-order valence-corrected chi connectivity index (χ1v) is 12.3. The van der Waals surface area contributed by atoms with E-state index in [1.165, 1.54) is 17.2 Å². The SMILES string of the molecule is Cc1ccccc1CSc1nnc(CNC(=O)/C=C/c2ccccc2)n1-c1ccc(Cl)cc1Cl. The van der Waals surface area contributed by atoms with E-state index in [9.17, 15) is 4.79 Å². The second-order valence-electron chi connectivity index (χ2n) is 7.51. The van der Waals surface area contributed by atoms with Crippen LogP contribution in [0, 0.1) is 6.92 Å². The molecular weight excluding hydrogens is 487 g/mol. The Hall–Kier alpha value is -3.06. The zero-order valence-corrected chi connectivity index (χ0v) is 20.7. The molecule has 1 N–H and O–H groups in total. The number of aromatic nitrogens is 3. The van der Waals surface area contributed by atoms with Gasteiger partial charge in [0.1, 0.15) is 0 Å². The summed E-state index contributed by atoms with van der Waals surface area (Å²) in [5, 5.41) is 13.3. The summed E-state index contributed by atoms with van der Waals surface area (Å²) in [7, 11) is 0. The highest BCUT2D eigenvalue weighted by atomic mass is 35.5. The number of rotatable bonds is 8. The molecule has 0 aliphatic heterocycles. The second kappa shape index (κ2) is 11.4. The zero-order chi connectivity index (χ0) is 23.9. The molecule has 0 atom stereocenters. The van der Waals surface area contributed by atoms with E-state index in [1.807, 2.05) is 53.1 Å². The van der Waals surface area contributed by atoms with Crippen molar-refractivity contribution in [1.82, 2.24) is 20.1 Å². The van der Waals surface area contributed by atoms with Gasteiger partial charge in [-0.3, -0.25) is 9.36 Å². The predicted molar refractivity (Wildman–Crippen MR) is 139 cm³/mol. The largest absolute Gasteiger partial charge is 0.345 e. The van der Waals surface area contributed by atoms with Crippen molar-refractivity contribution in [3.63, 3.8) is 0 Å². The molecule has 172 valence electrons. The topological polar surface area (TPSA) is 59.8 Å². The number of benzene rings is 3.